The molecule has 8 heteroatoms. The normalized spacial score (nSPS) is 17.4. The molecule has 0 unspecified atom stereocenters. The van der Waals surface area contributed by atoms with E-state index >= 15 is 0 Å². The van der Waals surface area contributed by atoms with Gasteiger partial charge in [-0.3, -0.25) is 19.1 Å². The molecule has 2 aliphatic rings. The lowest BCUT2D eigenvalue weighted by atomic mass is 9.96. The van der Waals surface area contributed by atoms with Crippen LogP contribution in [0, 0.1) is 12.8 Å². The highest BCUT2D eigenvalue weighted by molar-refractivity contribution is 5.97. The molecule has 2 aliphatic heterocycles. The molecule has 1 N–H and O–H groups in total. The molecule has 0 bridgehead atoms. The van der Waals surface area contributed by atoms with E-state index in [1.54, 1.807) is 14.5 Å². The topological polar surface area (TPSA) is 87.5 Å². The second kappa shape index (κ2) is 9.97. The molecule has 3 amide bonds. The molecular weight excluding hydrogens is 454 g/mol. The molecule has 1 fully saturated rings. The van der Waals surface area contributed by atoms with Crippen molar-refractivity contribution in [2.45, 2.75) is 32.7 Å². The van der Waals surface area contributed by atoms with Crippen LogP contribution in [0.1, 0.15) is 50.5 Å². The molecular formula is C28H31N5O3. The molecule has 0 radical (unpaired) electrons. The summed E-state index contributed by atoms with van der Waals surface area (Å²) in [6, 6.07) is 16.9. The number of aryl methyl sites for hydroxylation is 2. The number of fused-ring (bicyclic) bond motifs is 1. The van der Waals surface area contributed by atoms with E-state index in [0.29, 0.717) is 43.9 Å². The minimum atomic E-state index is -0.276. The van der Waals surface area contributed by atoms with Gasteiger partial charge in [-0.25, -0.2) is 0 Å². The predicted octanol–water partition coefficient (Wildman–Crippen LogP) is 3.42. The first-order chi connectivity index (χ1) is 17.4. The maximum absolute atomic E-state index is 13.6. The first-order valence-electron chi connectivity index (χ1n) is 12.5. The van der Waals surface area contributed by atoms with Crippen LogP contribution >= 0.6 is 0 Å². The summed E-state index contributed by atoms with van der Waals surface area (Å²) in [4.78, 5) is 43.2. The van der Waals surface area contributed by atoms with E-state index in [9.17, 15) is 14.4 Å². The van der Waals surface area contributed by atoms with Crippen LogP contribution in [0.4, 0.5) is 5.69 Å². The lowest BCUT2D eigenvalue weighted by molar-refractivity contribution is -0.121. The third kappa shape index (κ3) is 4.76. The second-order valence-corrected chi connectivity index (χ2v) is 9.69. The van der Waals surface area contributed by atoms with Crippen molar-refractivity contribution in [1.29, 1.82) is 0 Å². The molecule has 1 saturated heterocycles. The predicted molar refractivity (Wildman–Crippen MR) is 137 cm³/mol. The number of piperidine rings is 1. The van der Waals surface area contributed by atoms with Crippen LogP contribution in [0.3, 0.4) is 0 Å². The molecule has 0 aliphatic carbocycles. The maximum Gasteiger partial charge on any atom is 0.274 e. The third-order valence-corrected chi connectivity index (χ3v) is 7.12. The van der Waals surface area contributed by atoms with E-state index in [0.717, 1.165) is 35.3 Å². The number of aromatic nitrogens is 2. The Morgan fingerprint density at radius 1 is 0.972 bits per heavy atom. The fraction of sp³-hybridized carbons (Fsp3) is 0.357. The summed E-state index contributed by atoms with van der Waals surface area (Å²) >= 11 is 0. The number of nitrogens with one attached hydrogen (secondary N) is 1. The van der Waals surface area contributed by atoms with Gasteiger partial charge in [-0.15, -0.1) is 0 Å². The lowest BCUT2D eigenvalue weighted by Gasteiger charge is -2.32. The van der Waals surface area contributed by atoms with Gasteiger partial charge in [0.1, 0.15) is 0 Å². The monoisotopic (exact) mass is 485 g/mol. The van der Waals surface area contributed by atoms with Crippen molar-refractivity contribution in [2.24, 2.45) is 13.0 Å². The highest BCUT2D eigenvalue weighted by Gasteiger charge is 2.34. The Labute approximate surface area is 210 Å². The first kappa shape index (κ1) is 23.8. The molecule has 0 spiro atoms. The van der Waals surface area contributed by atoms with Gasteiger partial charge in [-0.05, 0) is 44.0 Å². The van der Waals surface area contributed by atoms with E-state index < -0.39 is 0 Å². The number of anilines is 1. The van der Waals surface area contributed by atoms with Crippen molar-refractivity contribution >= 4 is 23.4 Å². The SMILES string of the molecule is Cc1cccc(C(=O)N2CCc3c(c(C(=O)N4CCC[C@@H](C(=O)Nc5ccccc5)C4)nn3C)C2)c1. The number of carbonyl (C=O) groups is 3. The summed E-state index contributed by atoms with van der Waals surface area (Å²) < 4.78 is 1.76. The van der Waals surface area contributed by atoms with Crippen molar-refractivity contribution < 1.29 is 14.4 Å². The minimum Gasteiger partial charge on any atom is -0.336 e. The van der Waals surface area contributed by atoms with Crippen LogP contribution in [-0.2, 0) is 24.8 Å². The average Bonchev–Trinajstić information content (AvgIpc) is 3.24. The summed E-state index contributed by atoms with van der Waals surface area (Å²) in [6.45, 7) is 3.84. The van der Waals surface area contributed by atoms with Crippen molar-refractivity contribution in [2.75, 3.05) is 25.0 Å². The first-order valence-corrected chi connectivity index (χ1v) is 12.5. The maximum atomic E-state index is 13.6. The van der Waals surface area contributed by atoms with Gasteiger partial charge in [-0.2, -0.15) is 5.10 Å². The van der Waals surface area contributed by atoms with Gasteiger partial charge < -0.3 is 15.1 Å². The number of carbonyl (C=O) groups excluding carboxylic acids is 3. The van der Waals surface area contributed by atoms with E-state index in [-0.39, 0.29) is 23.6 Å². The van der Waals surface area contributed by atoms with Gasteiger partial charge >= 0.3 is 0 Å². The third-order valence-electron chi connectivity index (χ3n) is 7.12. The number of rotatable bonds is 4. The number of nitrogens with zero attached hydrogens (tertiary/aromatic N) is 4. The highest BCUT2D eigenvalue weighted by Crippen LogP contribution is 2.27. The minimum absolute atomic E-state index is 0.0396. The number of amides is 3. The molecule has 1 aromatic heterocycles. The Hall–Kier alpha value is -3.94. The number of hydrogen-bond acceptors (Lipinski definition) is 4. The number of para-hydroxylation sites is 1. The van der Waals surface area contributed by atoms with Crippen LogP contribution in [0.2, 0.25) is 0 Å². The number of likely N-dealkylation sites (tertiary alicyclic amines) is 1. The van der Waals surface area contributed by atoms with Gasteiger partial charge in [-0.1, -0.05) is 35.9 Å². The Morgan fingerprint density at radius 2 is 1.78 bits per heavy atom. The van der Waals surface area contributed by atoms with Gasteiger partial charge in [0, 0.05) is 55.6 Å². The Morgan fingerprint density at radius 3 is 2.56 bits per heavy atom. The molecule has 8 nitrogen and oxygen atoms in total. The second-order valence-electron chi connectivity index (χ2n) is 9.69. The molecule has 0 saturated carbocycles. The van der Waals surface area contributed by atoms with Crippen molar-refractivity contribution in [3.8, 4) is 0 Å². The van der Waals surface area contributed by atoms with Crippen molar-refractivity contribution in [3.05, 3.63) is 82.7 Å². The van der Waals surface area contributed by atoms with Gasteiger partial charge in [0.15, 0.2) is 5.69 Å². The molecule has 3 aromatic rings. The largest absolute Gasteiger partial charge is 0.336 e. The fourth-order valence-electron chi connectivity index (χ4n) is 5.19. The van der Waals surface area contributed by atoms with Crippen LogP contribution in [0.5, 0.6) is 0 Å². The summed E-state index contributed by atoms with van der Waals surface area (Å²) in [6.07, 6.45) is 2.14. The Kier molecular flexibility index (Phi) is 6.59. The fourth-order valence-corrected chi connectivity index (χ4v) is 5.19. The van der Waals surface area contributed by atoms with Crippen LogP contribution in [0.25, 0.3) is 0 Å². The van der Waals surface area contributed by atoms with E-state index in [2.05, 4.69) is 10.4 Å². The summed E-state index contributed by atoms with van der Waals surface area (Å²) in [7, 11) is 1.85. The molecule has 1 atom stereocenters. The van der Waals surface area contributed by atoms with Gasteiger partial charge in [0.25, 0.3) is 11.8 Å². The smallest absolute Gasteiger partial charge is 0.274 e. The summed E-state index contributed by atoms with van der Waals surface area (Å²) in [5.74, 6) is -0.561. The standard InChI is InChI=1S/C28H31N5O3/c1-19-8-6-9-20(16-19)27(35)33-15-13-24-23(18-33)25(30-31(24)2)28(36)32-14-7-10-21(17-32)26(34)29-22-11-4-3-5-12-22/h3-6,8-9,11-12,16,21H,7,10,13-15,17-18H2,1-2H3,(H,29,34)/t21-/m1/s1. The highest BCUT2D eigenvalue weighted by atomic mass is 16.2. The number of hydrogen-bond donors (Lipinski definition) is 1. The summed E-state index contributed by atoms with van der Waals surface area (Å²) in [5.41, 5.74) is 4.62. The molecule has 5 rings (SSSR count). The molecule has 186 valence electrons. The van der Waals surface area contributed by atoms with E-state index in [1.165, 1.54) is 0 Å². The van der Waals surface area contributed by atoms with Crippen molar-refractivity contribution in [3.63, 3.8) is 0 Å². The van der Waals surface area contributed by atoms with Gasteiger partial charge in [0.2, 0.25) is 5.91 Å². The van der Waals surface area contributed by atoms with Crippen LogP contribution < -0.4 is 5.32 Å². The van der Waals surface area contributed by atoms with Crippen LogP contribution in [-0.4, -0.2) is 56.9 Å². The summed E-state index contributed by atoms with van der Waals surface area (Å²) in [5, 5.41) is 7.53. The van der Waals surface area contributed by atoms with E-state index in [4.69, 9.17) is 0 Å². The van der Waals surface area contributed by atoms with Crippen LogP contribution in [0.15, 0.2) is 54.6 Å². The van der Waals surface area contributed by atoms with Crippen molar-refractivity contribution in [1.82, 2.24) is 19.6 Å². The Bertz CT molecular complexity index is 1300. The zero-order valence-electron chi connectivity index (χ0n) is 20.7. The zero-order chi connectivity index (χ0) is 25.2. The molecule has 36 heavy (non-hydrogen) atoms. The average molecular weight is 486 g/mol. The number of benzene rings is 2. The molecule has 2 aromatic carbocycles. The Balaban J connectivity index is 1.31. The quantitative estimate of drug-likeness (QED) is 0.614. The lowest BCUT2D eigenvalue weighted by Crippen LogP contribution is -2.44. The molecule has 3 heterocycles. The van der Waals surface area contributed by atoms with E-state index in [1.807, 2.05) is 68.6 Å². The zero-order valence-corrected chi connectivity index (χ0v) is 20.7. The van der Waals surface area contributed by atoms with Gasteiger partial charge in [0.05, 0.1) is 12.5 Å².